The molecule has 0 atom stereocenters. The molecule has 6 heteroatoms. The second-order valence-corrected chi connectivity index (χ2v) is 7.65. The van der Waals surface area contributed by atoms with Gasteiger partial charge in [0.05, 0.1) is 17.8 Å². The minimum Gasteiger partial charge on any atom is -0.510 e. The van der Waals surface area contributed by atoms with Crippen LogP contribution in [0.2, 0.25) is 0 Å². The zero-order valence-electron chi connectivity index (χ0n) is 14.7. The lowest BCUT2D eigenvalue weighted by molar-refractivity contribution is 0.346. The Balaban J connectivity index is 1.61. The van der Waals surface area contributed by atoms with Crippen LogP contribution in [0.3, 0.4) is 0 Å². The van der Waals surface area contributed by atoms with Gasteiger partial charge in [0.1, 0.15) is 22.4 Å². The van der Waals surface area contributed by atoms with Gasteiger partial charge >= 0.3 is 0 Å². The topological polar surface area (TPSA) is 60.2 Å². The minimum absolute atomic E-state index is 0.129. The number of aliphatic hydroxyl groups is 1. The number of hydrogen-bond donors (Lipinski definition) is 2. The van der Waals surface area contributed by atoms with Crippen molar-refractivity contribution in [3.63, 3.8) is 0 Å². The molecule has 0 radical (unpaired) electrons. The zero-order chi connectivity index (χ0) is 19.0. The first-order valence-corrected chi connectivity index (χ1v) is 9.38. The van der Waals surface area contributed by atoms with E-state index in [9.17, 15) is 9.50 Å². The fraction of sp³-hybridized carbons (Fsp3) is 0.143. The van der Waals surface area contributed by atoms with Crippen molar-refractivity contribution in [3.8, 4) is 11.3 Å². The number of aryl methyl sites for hydroxylation is 1. The fourth-order valence-electron chi connectivity index (χ4n) is 3.22. The molecule has 0 spiro atoms. The molecule has 0 aliphatic carbocycles. The van der Waals surface area contributed by atoms with Crippen LogP contribution in [0.15, 0.2) is 60.4 Å². The van der Waals surface area contributed by atoms with Crippen LogP contribution in [0.4, 0.5) is 4.39 Å². The molecule has 136 valence electrons. The largest absolute Gasteiger partial charge is 0.510 e. The van der Waals surface area contributed by atoms with Gasteiger partial charge in [0.25, 0.3) is 0 Å². The number of hydrogen-bond acceptors (Lipinski definition) is 4. The van der Waals surface area contributed by atoms with Crippen molar-refractivity contribution < 1.29 is 9.50 Å². The SMILES string of the molecule is Cc1sc(C2=C(O)CN(Cc3cccc(F)c3)C2=N)nc1-c1ccccc1. The molecule has 0 saturated carbocycles. The first kappa shape index (κ1) is 17.4. The number of rotatable bonds is 4. The van der Waals surface area contributed by atoms with E-state index in [1.807, 2.05) is 43.3 Å². The van der Waals surface area contributed by atoms with E-state index in [2.05, 4.69) is 0 Å². The van der Waals surface area contributed by atoms with E-state index in [1.165, 1.54) is 23.5 Å². The van der Waals surface area contributed by atoms with E-state index in [0.717, 1.165) is 21.7 Å². The number of benzene rings is 2. The number of nitrogens with one attached hydrogen (secondary N) is 1. The van der Waals surface area contributed by atoms with Crippen LogP contribution >= 0.6 is 11.3 Å². The zero-order valence-corrected chi connectivity index (χ0v) is 15.6. The lowest BCUT2D eigenvalue weighted by Gasteiger charge is -2.18. The fourth-order valence-corrected chi connectivity index (χ4v) is 4.22. The standard InChI is InChI=1S/C21H18FN3OS/c1-13-19(15-7-3-2-4-8-15)24-21(27-13)18-17(26)12-25(20(18)23)11-14-6-5-9-16(22)10-14/h2-10,23,26H,11-12H2,1H3. The Morgan fingerprint density at radius 2 is 1.96 bits per heavy atom. The van der Waals surface area contributed by atoms with E-state index in [0.29, 0.717) is 17.1 Å². The number of halogens is 1. The maximum Gasteiger partial charge on any atom is 0.135 e. The summed E-state index contributed by atoms with van der Waals surface area (Å²) < 4.78 is 13.4. The smallest absolute Gasteiger partial charge is 0.135 e. The van der Waals surface area contributed by atoms with Crippen molar-refractivity contribution in [1.82, 2.24) is 9.88 Å². The van der Waals surface area contributed by atoms with Crippen LogP contribution < -0.4 is 0 Å². The highest BCUT2D eigenvalue weighted by atomic mass is 32.1. The predicted octanol–water partition coefficient (Wildman–Crippen LogP) is 5.02. The van der Waals surface area contributed by atoms with Gasteiger partial charge in [-0.05, 0) is 24.6 Å². The van der Waals surface area contributed by atoms with E-state index < -0.39 is 0 Å². The molecule has 27 heavy (non-hydrogen) atoms. The third-order valence-corrected chi connectivity index (χ3v) is 5.49. The van der Waals surface area contributed by atoms with Gasteiger partial charge < -0.3 is 10.0 Å². The first-order valence-electron chi connectivity index (χ1n) is 8.56. The van der Waals surface area contributed by atoms with Crippen molar-refractivity contribution >= 4 is 22.7 Å². The predicted molar refractivity (Wildman–Crippen MR) is 106 cm³/mol. The van der Waals surface area contributed by atoms with Gasteiger partial charge in [-0.1, -0.05) is 42.5 Å². The summed E-state index contributed by atoms with van der Waals surface area (Å²) in [5.74, 6) is 0.0357. The van der Waals surface area contributed by atoms with Gasteiger partial charge in [-0.25, -0.2) is 9.37 Å². The molecule has 0 bridgehead atoms. The molecular weight excluding hydrogens is 361 g/mol. The highest BCUT2D eigenvalue weighted by Crippen LogP contribution is 2.35. The second kappa shape index (κ2) is 6.96. The van der Waals surface area contributed by atoms with Crippen LogP contribution in [0.25, 0.3) is 16.8 Å². The van der Waals surface area contributed by atoms with Crippen molar-refractivity contribution in [2.75, 3.05) is 6.54 Å². The molecule has 4 nitrogen and oxygen atoms in total. The Morgan fingerprint density at radius 1 is 1.19 bits per heavy atom. The van der Waals surface area contributed by atoms with Gasteiger partial charge in [0.15, 0.2) is 0 Å². The normalized spacial score (nSPS) is 14.3. The van der Waals surface area contributed by atoms with Crippen LogP contribution in [-0.4, -0.2) is 27.4 Å². The van der Waals surface area contributed by atoms with E-state index in [4.69, 9.17) is 10.4 Å². The van der Waals surface area contributed by atoms with Gasteiger partial charge in [0, 0.05) is 17.0 Å². The van der Waals surface area contributed by atoms with Gasteiger partial charge in [-0.2, -0.15) is 0 Å². The number of nitrogens with zero attached hydrogens (tertiary/aromatic N) is 2. The average molecular weight is 379 g/mol. The Kier molecular flexibility index (Phi) is 4.49. The first-order chi connectivity index (χ1) is 13.0. The van der Waals surface area contributed by atoms with Gasteiger partial charge in [-0.15, -0.1) is 11.3 Å². The molecular formula is C21H18FN3OS. The molecule has 0 amide bonds. The molecule has 1 aliphatic heterocycles. The molecule has 0 fully saturated rings. The molecule has 4 rings (SSSR count). The summed E-state index contributed by atoms with van der Waals surface area (Å²) in [5, 5.41) is 19.6. The quantitative estimate of drug-likeness (QED) is 0.669. The Hall–Kier alpha value is -2.99. The van der Waals surface area contributed by atoms with Crippen molar-refractivity contribution in [2.45, 2.75) is 13.5 Å². The maximum absolute atomic E-state index is 13.4. The number of thiazole rings is 1. The third kappa shape index (κ3) is 3.36. The number of amidine groups is 1. The van der Waals surface area contributed by atoms with Crippen LogP contribution in [-0.2, 0) is 6.54 Å². The Bertz CT molecular complexity index is 1040. The van der Waals surface area contributed by atoms with Gasteiger partial charge in [-0.3, -0.25) is 5.41 Å². The van der Waals surface area contributed by atoms with Crippen molar-refractivity contribution in [1.29, 1.82) is 5.41 Å². The van der Waals surface area contributed by atoms with Crippen molar-refractivity contribution in [3.05, 3.63) is 81.6 Å². The summed E-state index contributed by atoms with van der Waals surface area (Å²) in [5.41, 5.74) is 3.10. The number of aliphatic hydroxyl groups excluding tert-OH is 1. The molecule has 3 aromatic rings. The summed E-state index contributed by atoms with van der Waals surface area (Å²) >= 11 is 1.47. The highest BCUT2D eigenvalue weighted by molar-refractivity contribution is 7.13. The summed E-state index contributed by atoms with van der Waals surface area (Å²) in [7, 11) is 0. The molecule has 2 N–H and O–H groups in total. The summed E-state index contributed by atoms with van der Waals surface area (Å²) in [6.45, 7) is 2.58. The van der Waals surface area contributed by atoms with E-state index in [1.54, 1.807) is 11.0 Å². The third-order valence-electron chi connectivity index (χ3n) is 4.50. The summed E-state index contributed by atoms with van der Waals surface area (Å²) in [6, 6.07) is 16.2. The lowest BCUT2D eigenvalue weighted by Crippen LogP contribution is -2.26. The van der Waals surface area contributed by atoms with Crippen molar-refractivity contribution in [2.24, 2.45) is 0 Å². The monoisotopic (exact) mass is 379 g/mol. The van der Waals surface area contributed by atoms with Crippen LogP contribution in [0.5, 0.6) is 0 Å². The molecule has 0 unspecified atom stereocenters. The molecule has 2 aromatic carbocycles. The maximum atomic E-state index is 13.4. The molecule has 1 aliphatic rings. The van der Waals surface area contributed by atoms with Gasteiger partial charge in [0.2, 0.25) is 0 Å². The minimum atomic E-state index is -0.307. The highest BCUT2D eigenvalue weighted by Gasteiger charge is 2.31. The van der Waals surface area contributed by atoms with Crippen LogP contribution in [0, 0.1) is 18.2 Å². The Labute approximate surface area is 160 Å². The lowest BCUT2D eigenvalue weighted by atomic mass is 10.1. The molecule has 1 aromatic heterocycles. The van der Waals surface area contributed by atoms with Crippen LogP contribution in [0.1, 0.15) is 15.4 Å². The van der Waals surface area contributed by atoms with E-state index in [-0.39, 0.29) is 24.0 Å². The summed E-state index contributed by atoms with van der Waals surface area (Å²) in [4.78, 5) is 7.45. The summed E-state index contributed by atoms with van der Waals surface area (Å²) in [6.07, 6.45) is 0. The molecule has 2 heterocycles. The second-order valence-electron chi connectivity index (χ2n) is 6.45. The average Bonchev–Trinajstić information content (AvgIpc) is 3.15. The Morgan fingerprint density at radius 3 is 2.70 bits per heavy atom. The van der Waals surface area contributed by atoms with E-state index >= 15 is 0 Å². The number of aromatic nitrogens is 1. The molecule has 0 saturated heterocycles.